The molecule has 0 saturated carbocycles. The maximum Gasteiger partial charge on any atom is 0.337 e. The van der Waals surface area contributed by atoms with Crippen molar-refractivity contribution in [2.45, 2.75) is 38.1 Å². The van der Waals surface area contributed by atoms with Crippen LogP contribution < -0.4 is 5.73 Å². The van der Waals surface area contributed by atoms with E-state index in [2.05, 4.69) is 0 Å². The van der Waals surface area contributed by atoms with E-state index in [4.69, 9.17) is 10.8 Å². The monoisotopic (exact) mass is 314 g/mol. The number of nitrogen functional groups attached to an aromatic ring is 1. The molecule has 1 atom stereocenters. The number of hydrogen-bond donors (Lipinski definition) is 2. The van der Waals surface area contributed by atoms with E-state index in [1.165, 1.54) is 29.6 Å². The van der Waals surface area contributed by atoms with Crippen LogP contribution >= 0.6 is 0 Å². The van der Waals surface area contributed by atoms with E-state index in [0.717, 1.165) is 0 Å². The van der Waals surface area contributed by atoms with Crippen molar-refractivity contribution in [3.05, 3.63) is 23.8 Å². The van der Waals surface area contributed by atoms with Gasteiger partial charge in [-0.3, -0.25) is 0 Å². The number of carboxylic acids is 1. The van der Waals surface area contributed by atoms with Crippen molar-refractivity contribution < 1.29 is 18.3 Å². The fourth-order valence-corrected chi connectivity index (χ4v) is 3.74. The molecule has 1 aromatic rings. The first-order chi connectivity index (χ1) is 9.57. The van der Waals surface area contributed by atoms with Gasteiger partial charge in [0.05, 0.1) is 10.5 Å². The molecule has 0 amide bonds. The summed E-state index contributed by atoms with van der Waals surface area (Å²) in [5.41, 5.74) is 5.55. The molecule has 1 unspecified atom stereocenters. The van der Waals surface area contributed by atoms with Crippen LogP contribution in [0.1, 0.15) is 37.6 Å². The number of nitrogens with zero attached hydrogens (tertiary/aromatic N) is 1. The van der Waals surface area contributed by atoms with Crippen molar-refractivity contribution in [2.24, 2.45) is 5.92 Å². The molecule has 0 spiro atoms. The molecule has 118 valence electrons. The third-order valence-electron chi connectivity index (χ3n) is 3.33. The third kappa shape index (κ3) is 3.95. The quantitative estimate of drug-likeness (QED) is 0.782. The lowest BCUT2D eigenvalue weighted by Crippen LogP contribution is -2.36. The van der Waals surface area contributed by atoms with E-state index in [-0.39, 0.29) is 22.2 Å². The average Bonchev–Trinajstić information content (AvgIpc) is 2.36. The summed E-state index contributed by atoms with van der Waals surface area (Å²) in [6.07, 6.45) is 0.681. The SMILES string of the molecule is CC(C)CC(C)N(C)S(=O)(=O)c1cc(N)ccc1C(=O)O. The molecule has 21 heavy (non-hydrogen) atoms. The van der Waals surface area contributed by atoms with Crippen LogP contribution in [0.4, 0.5) is 5.69 Å². The van der Waals surface area contributed by atoms with Gasteiger partial charge in [-0.1, -0.05) is 13.8 Å². The predicted octanol–water partition coefficient (Wildman–Crippen LogP) is 2.02. The van der Waals surface area contributed by atoms with Gasteiger partial charge in [0.2, 0.25) is 10.0 Å². The Balaban J connectivity index is 3.30. The van der Waals surface area contributed by atoms with Gasteiger partial charge >= 0.3 is 5.97 Å². The predicted molar refractivity (Wildman–Crippen MR) is 81.7 cm³/mol. The van der Waals surface area contributed by atoms with Gasteiger partial charge in [0.25, 0.3) is 0 Å². The highest BCUT2D eigenvalue weighted by Crippen LogP contribution is 2.25. The first-order valence-corrected chi connectivity index (χ1v) is 8.12. The second-order valence-corrected chi connectivity index (χ2v) is 7.53. The highest BCUT2D eigenvalue weighted by atomic mass is 32.2. The van der Waals surface area contributed by atoms with E-state index in [1.807, 2.05) is 13.8 Å². The summed E-state index contributed by atoms with van der Waals surface area (Å²) in [5.74, 6) is -0.962. The molecular weight excluding hydrogens is 292 g/mol. The van der Waals surface area contributed by atoms with Crippen LogP contribution in [0, 0.1) is 5.92 Å². The molecule has 1 aromatic carbocycles. The van der Waals surface area contributed by atoms with Crippen molar-refractivity contribution in [1.29, 1.82) is 0 Å². The Labute approximate surface area is 125 Å². The Morgan fingerprint density at radius 2 is 1.90 bits per heavy atom. The Morgan fingerprint density at radius 3 is 2.38 bits per heavy atom. The second-order valence-electron chi connectivity index (χ2n) is 5.56. The fourth-order valence-electron chi connectivity index (χ4n) is 2.15. The molecule has 0 heterocycles. The van der Waals surface area contributed by atoms with E-state index >= 15 is 0 Å². The van der Waals surface area contributed by atoms with E-state index in [9.17, 15) is 13.2 Å². The molecule has 1 rings (SSSR count). The van der Waals surface area contributed by atoms with Crippen LogP contribution in [0.5, 0.6) is 0 Å². The van der Waals surface area contributed by atoms with Crippen molar-refractivity contribution in [1.82, 2.24) is 4.31 Å². The molecule has 0 aliphatic rings. The Hall–Kier alpha value is -1.60. The minimum Gasteiger partial charge on any atom is -0.478 e. The first kappa shape index (κ1) is 17.5. The number of anilines is 1. The zero-order valence-corrected chi connectivity index (χ0v) is 13.5. The van der Waals surface area contributed by atoms with E-state index < -0.39 is 16.0 Å². The summed E-state index contributed by atoms with van der Waals surface area (Å²) < 4.78 is 26.5. The standard InChI is InChI=1S/C14H22N2O4S/c1-9(2)7-10(3)16(4)21(19,20)13-8-11(15)5-6-12(13)14(17)18/h5-6,8-10H,7,15H2,1-4H3,(H,17,18). The van der Waals surface area contributed by atoms with Gasteiger partial charge in [-0.05, 0) is 37.5 Å². The number of carbonyl (C=O) groups is 1. The highest BCUT2D eigenvalue weighted by molar-refractivity contribution is 7.89. The third-order valence-corrected chi connectivity index (χ3v) is 5.34. The van der Waals surface area contributed by atoms with Crippen LogP contribution in [0.15, 0.2) is 23.1 Å². The lowest BCUT2D eigenvalue weighted by Gasteiger charge is -2.26. The number of nitrogens with two attached hydrogens (primary N) is 1. The van der Waals surface area contributed by atoms with Gasteiger partial charge < -0.3 is 10.8 Å². The number of benzene rings is 1. The van der Waals surface area contributed by atoms with Crippen molar-refractivity contribution >= 4 is 21.7 Å². The lowest BCUT2D eigenvalue weighted by atomic mass is 10.1. The fraction of sp³-hybridized carbons (Fsp3) is 0.500. The summed E-state index contributed by atoms with van der Waals surface area (Å²) in [6, 6.07) is 3.54. The Morgan fingerprint density at radius 1 is 1.33 bits per heavy atom. The zero-order valence-electron chi connectivity index (χ0n) is 12.7. The smallest absolute Gasteiger partial charge is 0.337 e. The lowest BCUT2D eigenvalue weighted by molar-refractivity contribution is 0.0692. The summed E-state index contributed by atoms with van der Waals surface area (Å²) in [6.45, 7) is 5.80. The van der Waals surface area contributed by atoms with Crippen LogP contribution in [0.3, 0.4) is 0 Å². The average molecular weight is 314 g/mol. The highest BCUT2D eigenvalue weighted by Gasteiger charge is 2.30. The van der Waals surface area contributed by atoms with E-state index in [1.54, 1.807) is 6.92 Å². The van der Waals surface area contributed by atoms with Gasteiger partial charge in [0.1, 0.15) is 0 Å². The van der Waals surface area contributed by atoms with Crippen LogP contribution in [0.2, 0.25) is 0 Å². The molecular formula is C14H22N2O4S. The molecule has 0 bridgehead atoms. The maximum absolute atomic E-state index is 12.6. The molecule has 0 saturated heterocycles. The summed E-state index contributed by atoms with van der Waals surface area (Å²) >= 11 is 0. The summed E-state index contributed by atoms with van der Waals surface area (Å²) in [5, 5.41) is 9.16. The molecule has 0 aromatic heterocycles. The van der Waals surface area contributed by atoms with Gasteiger partial charge in [-0.25, -0.2) is 13.2 Å². The topological polar surface area (TPSA) is 101 Å². The number of carboxylic acid groups (broad SMARTS) is 1. The molecule has 0 aliphatic carbocycles. The second kappa shape index (κ2) is 6.44. The molecule has 0 radical (unpaired) electrons. The van der Waals surface area contributed by atoms with E-state index in [0.29, 0.717) is 12.3 Å². The summed E-state index contributed by atoms with van der Waals surface area (Å²) in [4.78, 5) is 11.0. The number of aromatic carboxylic acids is 1. The van der Waals surface area contributed by atoms with Crippen molar-refractivity contribution in [3.8, 4) is 0 Å². The van der Waals surface area contributed by atoms with Gasteiger partial charge in [0, 0.05) is 18.8 Å². The maximum atomic E-state index is 12.6. The van der Waals surface area contributed by atoms with Crippen LogP contribution in [-0.4, -0.2) is 36.9 Å². The largest absolute Gasteiger partial charge is 0.478 e. The molecule has 3 N–H and O–H groups in total. The molecule has 0 aliphatic heterocycles. The number of sulfonamides is 1. The normalized spacial score (nSPS) is 13.6. The van der Waals surface area contributed by atoms with Gasteiger partial charge in [-0.15, -0.1) is 0 Å². The summed E-state index contributed by atoms with van der Waals surface area (Å²) in [7, 11) is -2.45. The minimum absolute atomic E-state index is 0.212. The number of rotatable bonds is 6. The molecule has 0 fully saturated rings. The zero-order chi connectivity index (χ0) is 16.4. The van der Waals surface area contributed by atoms with Crippen molar-refractivity contribution in [3.63, 3.8) is 0 Å². The Kier molecular flexibility index (Phi) is 5.36. The van der Waals surface area contributed by atoms with Crippen LogP contribution in [-0.2, 0) is 10.0 Å². The van der Waals surface area contributed by atoms with Gasteiger partial charge in [-0.2, -0.15) is 4.31 Å². The first-order valence-electron chi connectivity index (χ1n) is 6.68. The Bertz CT molecular complexity index is 626. The minimum atomic E-state index is -3.91. The van der Waals surface area contributed by atoms with Crippen molar-refractivity contribution in [2.75, 3.05) is 12.8 Å². The number of hydrogen-bond acceptors (Lipinski definition) is 4. The van der Waals surface area contributed by atoms with Gasteiger partial charge in [0.15, 0.2) is 0 Å². The molecule has 7 heteroatoms. The molecule has 6 nitrogen and oxygen atoms in total. The van der Waals surface area contributed by atoms with Crippen LogP contribution in [0.25, 0.3) is 0 Å².